The molecular weight excluding hydrogens is 307 g/mol. The van der Waals surface area contributed by atoms with Gasteiger partial charge in [0, 0.05) is 5.41 Å². The zero-order chi connectivity index (χ0) is 15.5. The molecule has 0 saturated heterocycles. The van der Waals surface area contributed by atoms with Gasteiger partial charge in [-0.2, -0.15) is 0 Å². The summed E-state index contributed by atoms with van der Waals surface area (Å²) >= 11 is 11.4. The smallest absolute Gasteiger partial charge is 0.234 e. The average Bonchev–Trinajstić information content (AvgIpc) is 2.48. The Bertz CT molecular complexity index is 585. The van der Waals surface area contributed by atoms with Crippen LogP contribution in [0.5, 0.6) is 0 Å². The highest BCUT2D eigenvalue weighted by molar-refractivity contribution is 6.73. The summed E-state index contributed by atoms with van der Waals surface area (Å²) in [6, 6.07) is 18.6. The van der Waals surface area contributed by atoms with E-state index in [2.05, 4.69) is 0 Å². The van der Waals surface area contributed by atoms with Crippen LogP contribution in [0, 0.1) is 5.92 Å². The first-order valence-corrected chi connectivity index (χ1v) is 7.23. The topological polar surface area (TPSA) is 34.1 Å². The molecule has 108 valence electrons. The summed E-state index contributed by atoms with van der Waals surface area (Å²) in [7, 11) is 0. The number of rotatable bonds is 5. The number of halogens is 2. The van der Waals surface area contributed by atoms with Crippen molar-refractivity contribution < 1.29 is 9.59 Å². The normalized spacial score (nSPS) is 11.4. The standard InChI is InChI=1S/C17H14Cl2O2/c1-17(12-8-4-2-5-9-12,13-10-6-3-7-11-13)14(15(18)20)16(19)21/h2-11,14H,1H3. The van der Waals surface area contributed by atoms with Gasteiger partial charge in [-0.05, 0) is 34.3 Å². The Balaban J connectivity index is 2.71. The van der Waals surface area contributed by atoms with Crippen molar-refractivity contribution >= 4 is 33.7 Å². The summed E-state index contributed by atoms with van der Waals surface area (Å²) in [6.07, 6.45) is 0. The molecule has 0 saturated carbocycles. The molecule has 0 fully saturated rings. The summed E-state index contributed by atoms with van der Waals surface area (Å²) in [5, 5.41) is -1.52. The van der Waals surface area contributed by atoms with E-state index in [1.54, 1.807) is 0 Å². The first kappa shape index (κ1) is 15.7. The summed E-state index contributed by atoms with van der Waals surface area (Å²) in [4.78, 5) is 23.7. The molecule has 2 nitrogen and oxygen atoms in total. The summed E-state index contributed by atoms with van der Waals surface area (Å²) < 4.78 is 0. The molecule has 2 rings (SSSR count). The van der Waals surface area contributed by atoms with Gasteiger partial charge < -0.3 is 0 Å². The molecule has 0 amide bonds. The fraction of sp³-hybridized carbons (Fsp3) is 0.176. The summed E-state index contributed by atoms with van der Waals surface area (Å²) in [6.45, 7) is 1.81. The van der Waals surface area contributed by atoms with E-state index in [0.717, 1.165) is 11.1 Å². The Kier molecular flexibility index (Phi) is 4.81. The zero-order valence-corrected chi connectivity index (χ0v) is 12.9. The van der Waals surface area contributed by atoms with Crippen LogP contribution in [0.2, 0.25) is 0 Å². The van der Waals surface area contributed by atoms with Gasteiger partial charge >= 0.3 is 0 Å². The minimum absolute atomic E-state index is 0.759. The molecule has 0 bridgehead atoms. The zero-order valence-electron chi connectivity index (χ0n) is 11.4. The summed E-state index contributed by atoms with van der Waals surface area (Å²) in [5.41, 5.74) is 0.702. The number of hydrogen-bond acceptors (Lipinski definition) is 2. The second kappa shape index (κ2) is 6.42. The van der Waals surface area contributed by atoms with Crippen molar-refractivity contribution in [3.63, 3.8) is 0 Å². The monoisotopic (exact) mass is 320 g/mol. The fourth-order valence-electron chi connectivity index (χ4n) is 2.61. The van der Waals surface area contributed by atoms with E-state index >= 15 is 0 Å². The Hall–Kier alpha value is -1.64. The Morgan fingerprint density at radius 2 is 1.14 bits per heavy atom. The van der Waals surface area contributed by atoms with Gasteiger partial charge in [-0.25, -0.2) is 0 Å². The van der Waals surface area contributed by atoms with E-state index in [1.807, 2.05) is 67.6 Å². The van der Waals surface area contributed by atoms with Gasteiger partial charge in [0.1, 0.15) is 5.92 Å². The Morgan fingerprint density at radius 3 is 1.43 bits per heavy atom. The van der Waals surface area contributed by atoms with Crippen molar-refractivity contribution in [3.8, 4) is 0 Å². The molecular formula is C17H14Cl2O2. The van der Waals surface area contributed by atoms with E-state index in [9.17, 15) is 9.59 Å². The van der Waals surface area contributed by atoms with E-state index in [-0.39, 0.29) is 0 Å². The van der Waals surface area contributed by atoms with Crippen molar-refractivity contribution in [2.45, 2.75) is 12.3 Å². The molecule has 21 heavy (non-hydrogen) atoms. The average molecular weight is 321 g/mol. The van der Waals surface area contributed by atoms with Crippen molar-refractivity contribution in [1.29, 1.82) is 0 Å². The molecule has 0 aliphatic heterocycles. The lowest BCUT2D eigenvalue weighted by Crippen LogP contribution is -2.40. The predicted molar refractivity (Wildman–Crippen MR) is 84.5 cm³/mol. The molecule has 0 heterocycles. The first-order chi connectivity index (χ1) is 9.98. The van der Waals surface area contributed by atoms with Crippen LogP contribution in [0.4, 0.5) is 0 Å². The maximum absolute atomic E-state index is 11.8. The van der Waals surface area contributed by atoms with E-state index in [4.69, 9.17) is 23.2 Å². The Labute approximate surface area is 133 Å². The van der Waals surface area contributed by atoms with Crippen LogP contribution in [0.15, 0.2) is 60.7 Å². The first-order valence-electron chi connectivity index (χ1n) is 6.47. The molecule has 0 aliphatic rings. The van der Waals surface area contributed by atoms with E-state index in [0.29, 0.717) is 0 Å². The molecule has 2 aromatic carbocycles. The van der Waals surface area contributed by atoms with Gasteiger partial charge in [0.05, 0.1) is 0 Å². The molecule has 4 heteroatoms. The molecule has 0 atom stereocenters. The van der Waals surface area contributed by atoms with Crippen LogP contribution >= 0.6 is 23.2 Å². The molecule has 0 unspecified atom stereocenters. The van der Waals surface area contributed by atoms with Crippen LogP contribution in [0.3, 0.4) is 0 Å². The Morgan fingerprint density at radius 1 is 0.810 bits per heavy atom. The number of hydrogen-bond donors (Lipinski definition) is 0. The van der Waals surface area contributed by atoms with Crippen molar-refractivity contribution in [3.05, 3.63) is 71.8 Å². The third kappa shape index (κ3) is 3.02. The van der Waals surface area contributed by atoms with Gasteiger partial charge in [-0.15, -0.1) is 0 Å². The van der Waals surface area contributed by atoms with Gasteiger partial charge in [-0.3, -0.25) is 9.59 Å². The van der Waals surface area contributed by atoms with Crippen LogP contribution in [-0.4, -0.2) is 10.5 Å². The lowest BCUT2D eigenvalue weighted by atomic mass is 9.68. The van der Waals surface area contributed by atoms with Gasteiger partial charge in [-0.1, -0.05) is 67.6 Å². The van der Waals surface area contributed by atoms with Crippen molar-refractivity contribution in [1.82, 2.24) is 0 Å². The van der Waals surface area contributed by atoms with Crippen molar-refractivity contribution in [2.75, 3.05) is 0 Å². The van der Waals surface area contributed by atoms with Crippen LogP contribution in [0.25, 0.3) is 0 Å². The quantitative estimate of drug-likeness (QED) is 0.613. The SMILES string of the molecule is CC(c1ccccc1)(c1ccccc1)C(C(=O)Cl)C(=O)Cl. The molecule has 0 N–H and O–H groups in total. The van der Waals surface area contributed by atoms with Crippen LogP contribution < -0.4 is 0 Å². The molecule has 0 radical (unpaired) electrons. The minimum atomic E-state index is -1.15. The maximum atomic E-state index is 11.8. The highest BCUT2D eigenvalue weighted by atomic mass is 35.5. The number of carbonyl (C=O) groups excluding carboxylic acids is 2. The second-order valence-electron chi connectivity index (χ2n) is 4.98. The van der Waals surface area contributed by atoms with Gasteiger partial charge in [0.2, 0.25) is 10.5 Å². The van der Waals surface area contributed by atoms with Crippen LogP contribution in [-0.2, 0) is 15.0 Å². The molecule has 0 aromatic heterocycles. The highest BCUT2D eigenvalue weighted by Crippen LogP contribution is 2.41. The molecule has 0 aliphatic carbocycles. The fourth-order valence-corrected chi connectivity index (χ4v) is 3.30. The third-order valence-corrected chi connectivity index (χ3v) is 4.21. The van der Waals surface area contributed by atoms with E-state index in [1.165, 1.54) is 0 Å². The third-order valence-electron chi connectivity index (χ3n) is 3.78. The molecule has 0 spiro atoms. The predicted octanol–water partition coefficient (Wildman–Crippen LogP) is 4.14. The second-order valence-corrected chi connectivity index (χ2v) is 5.72. The minimum Gasteiger partial charge on any atom is -0.280 e. The largest absolute Gasteiger partial charge is 0.280 e. The number of benzene rings is 2. The van der Waals surface area contributed by atoms with Gasteiger partial charge in [0.15, 0.2) is 0 Å². The lowest BCUT2D eigenvalue weighted by molar-refractivity contribution is -0.125. The van der Waals surface area contributed by atoms with Crippen LogP contribution in [0.1, 0.15) is 18.1 Å². The number of carbonyl (C=O) groups is 2. The summed E-state index contributed by atoms with van der Waals surface area (Å²) in [5.74, 6) is -1.15. The molecule has 2 aromatic rings. The van der Waals surface area contributed by atoms with E-state index < -0.39 is 21.8 Å². The van der Waals surface area contributed by atoms with Crippen molar-refractivity contribution in [2.24, 2.45) is 5.92 Å². The maximum Gasteiger partial charge on any atom is 0.234 e. The highest BCUT2D eigenvalue weighted by Gasteiger charge is 2.45. The van der Waals surface area contributed by atoms with Gasteiger partial charge in [0.25, 0.3) is 0 Å². The lowest BCUT2D eigenvalue weighted by Gasteiger charge is -2.35.